The third-order valence-electron chi connectivity index (χ3n) is 3.05. The maximum atomic E-state index is 11.9. The number of hydrogen-bond donors (Lipinski definition) is 1. The summed E-state index contributed by atoms with van der Waals surface area (Å²) in [5, 5.41) is 11.5. The van der Waals surface area contributed by atoms with Crippen LogP contribution in [-0.4, -0.2) is 33.5 Å². The number of hydrogen-bond acceptors (Lipinski definition) is 4. The molecule has 0 aliphatic carbocycles. The Morgan fingerprint density at radius 1 is 1.41 bits per heavy atom. The van der Waals surface area contributed by atoms with Crippen molar-refractivity contribution in [1.82, 2.24) is 9.88 Å². The van der Waals surface area contributed by atoms with E-state index in [9.17, 15) is 14.9 Å². The van der Waals surface area contributed by atoms with Gasteiger partial charge in [0.15, 0.2) is 0 Å². The summed E-state index contributed by atoms with van der Waals surface area (Å²) in [7, 11) is 1.63. The lowest BCUT2D eigenvalue weighted by Gasteiger charge is -2.24. The number of carbonyl (C=O) groups excluding carboxylic acids is 1. The summed E-state index contributed by atoms with van der Waals surface area (Å²) in [6.07, 6.45) is 0.933. The number of nitrogens with one attached hydrogen (secondary N) is 1. The molecule has 1 amide bonds. The lowest BCUT2D eigenvalue weighted by atomic mass is 10.1. The van der Waals surface area contributed by atoms with Gasteiger partial charge in [-0.15, -0.1) is 0 Å². The van der Waals surface area contributed by atoms with E-state index in [1.807, 2.05) is 6.07 Å². The highest BCUT2D eigenvalue weighted by molar-refractivity contribution is 5.89. The molecular weight excluding hydrogens is 286 g/mol. The summed E-state index contributed by atoms with van der Waals surface area (Å²) < 4.78 is 5.28. The van der Waals surface area contributed by atoms with Crippen LogP contribution in [0.25, 0.3) is 10.9 Å². The topological polar surface area (TPSA) is 88.5 Å². The first-order chi connectivity index (χ1) is 10.2. The number of carbonyl (C=O) groups is 1. The number of benzene rings is 1. The standard InChI is InChI=1S/C15H19N3O4/c1-15(2,3)22-14(19)17(4)9-10-5-6-12-11(7-10)13(8-16-12)18(20)21/h5-8,16H,9H2,1-4H3. The fourth-order valence-corrected chi connectivity index (χ4v) is 2.08. The summed E-state index contributed by atoms with van der Waals surface area (Å²) in [6.45, 7) is 5.71. The van der Waals surface area contributed by atoms with Gasteiger partial charge in [0, 0.05) is 13.6 Å². The van der Waals surface area contributed by atoms with Gasteiger partial charge in [-0.1, -0.05) is 6.07 Å². The van der Waals surface area contributed by atoms with Crippen molar-refractivity contribution in [2.24, 2.45) is 0 Å². The first-order valence-electron chi connectivity index (χ1n) is 6.86. The molecule has 0 aliphatic heterocycles. The smallest absolute Gasteiger partial charge is 0.410 e. The molecule has 0 fully saturated rings. The predicted octanol–water partition coefficient (Wildman–Crippen LogP) is 3.44. The van der Waals surface area contributed by atoms with Gasteiger partial charge >= 0.3 is 6.09 Å². The second kappa shape index (κ2) is 5.67. The Morgan fingerprint density at radius 3 is 2.68 bits per heavy atom. The highest BCUT2D eigenvalue weighted by atomic mass is 16.6. The van der Waals surface area contributed by atoms with Crippen LogP contribution in [-0.2, 0) is 11.3 Å². The van der Waals surface area contributed by atoms with Crippen LogP contribution >= 0.6 is 0 Å². The number of fused-ring (bicyclic) bond motifs is 1. The third-order valence-corrected chi connectivity index (χ3v) is 3.05. The van der Waals surface area contributed by atoms with Crippen LogP contribution in [0.2, 0.25) is 0 Å². The zero-order chi connectivity index (χ0) is 16.5. The maximum Gasteiger partial charge on any atom is 0.410 e. The van der Waals surface area contributed by atoms with Crippen LogP contribution in [0.3, 0.4) is 0 Å². The molecule has 22 heavy (non-hydrogen) atoms. The summed E-state index contributed by atoms with van der Waals surface area (Å²) in [5.74, 6) is 0. The van der Waals surface area contributed by atoms with Crippen molar-refractivity contribution >= 4 is 22.7 Å². The molecule has 1 aromatic carbocycles. The molecule has 0 bridgehead atoms. The van der Waals surface area contributed by atoms with E-state index in [2.05, 4.69) is 4.98 Å². The van der Waals surface area contributed by atoms with Gasteiger partial charge in [0.1, 0.15) is 5.60 Å². The van der Waals surface area contributed by atoms with Gasteiger partial charge < -0.3 is 14.6 Å². The van der Waals surface area contributed by atoms with Gasteiger partial charge in [-0.25, -0.2) is 4.79 Å². The van der Waals surface area contributed by atoms with Crippen molar-refractivity contribution < 1.29 is 14.5 Å². The molecule has 1 N–H and O–H groups in total. The molecule has 7 nitrogen and oxygen atoms in total. The minimum absolute atomic E-state index is 0.0248. The Bertz CT molecular complexity index is 715. The highest BCUT2D eigenvalue weighted by Gasteiger charge is 2.20. The van der Waals surface area contributed by atoms with Gasteiger partial charge in [-0.3, -0.25) is 10.1 Å². The molecule has 0 radical (unpaired) electrons. The number of aromatic amines is 1. The molecule has 7 heteroatoms. The van der Waals surface area contributed by atoms with E-state index in [-0.39, 0.29) is 5.69 Å². The molecular formula is C15H19N3O4. The lowest BCUT2D eigenvalue weighted by Crippen LogP contribution is -2.33. The quantitative estimate of drug-likeness (QED) is 0.695. The average Bonchev–Trinajstić information content (AvgIpc) is 2.79. The van der Waals surface area contributed by atoms with E-state index in [4.69, 9.17) is 4.74 Å². The van der Waals surface area contributed by atoms with Gasteiger partial charge in [0.25, 0.3) is 5.69 Å². The summed E-state index contributed by atoms with van der Waals surface area (Å²) >= 11 is 0. The van der Waals surface area contributed by atoms with Crippen LogP contribution in [0, 0.1) is 10.1 Å². The largest absolute Gasteiger partial charge is 0.444 e. The zero-order valence-corrected chi connectivity index (χ0v) is 13.0. The number of rotatable bonds is 3. The van der Waals surface area contributed by atoms with Crippen LogP contribution in [0.5, 0.6) is 0 Å². The molecule has 2 rings (SSSR count). The SMILES string of the molecule is CN(Cc1ccc2[nH]cc([N+](=O)[O-])c2c1)C(=O)OC(C)(C)C. The van der Waals surface area contributed by atoms with Crippen molar-refractivity contribution in [3.8, 4) is 0 Å². The molecule has 1 aromatic heterocycles. The van der Waals surface area contributed by atoms with Gasteiger partial charge in [0.05, 0.1) is 22.0 Å². The first kappa shape index (κ1) is 15.8. The molecule has 0 unspecified atom stereocenters. The zero-order valence-electron chi connectivity index (χ0n) is 13.0. The monoisotopic (exact) mass is 305 g/mol. The first-order valence-corrected chi connectivity index (χ1v) is 6.86. The van der Waals surface area contributed by atoms with Crippen LogP contribution in [0.4, 0.5) is 10.5 Å². The minimum atomic E-state index is -0.561. The van der Waals surface area contributed by atoms with E-state index in [1.165, 1.54) is 11.1 Å². The second-order valence-electron chi connectivity index (χ2n) is 6.15. The van der Waals surface area contributed by atoms with Crippen molar-refractivity contribution in [3.05, 3.63) is 40.1 Å². The lowest BCUT2D eigenvalue weighted by molar-refractivity contribution is -0.383. The van der Waals surface area contributed by atoms with E-state index in [0.29, 0.717) is 17.4 Å². The normalized spacial score (nSPS) is 11.5. The van der Waals surface area contributed by atoms with Crippen molar-refractivity contribution in [3.63, 3.8) is 0 Å². The number of nitrogens with zero attached hydrogens (tertiary/aromatic N) is 2. The summed E-state index contributed by atoms with van der Waals surface area (Å²) in [5.41, 5.74) is 0.949. The van der Waals surface area contributed by atoms with Gasteiger partial charge in [0.2, 0.25) is 0 Å². The van der Waals surface area contributed by atoms with E-state index < -0.39 is 16.6 Å². The molecule has 0 atom stereocenters. The summed E-state index contributed by atoms with van der Waals surface area (Å²) in [4.78, 5) is 26.8. The number of nitro groups is 1. The van der Waals surface area contributed by atoms with Crippen molar-refractivity contribution in [1.29, 1.82) is 0 Å². The van der Waals surface area contributed by atoms with E-state index in [0.717, 1.165) is 5.56 Å². The fraction of sp³-hybridized carbons (Fsp3) is 0.400. The molecule has 1 heterocycles. The Balaban J connectivity index is 2.19. The molecule has 0 aliphatic rings. The van der Waals surface area contributed by atoms with Crippen LogP contribution in [0.15, 0.2) is 24.4 Å². The van der Waals surface area contributed by atoms with Gasteiger partial charge in [-0.05, 0) is 38.5 Å². The van der Waals surface area contributed by atoms with Crippen LogP contribution in [0.1, 0.15) is 26.3 Å². The van der Waals surface area contributed by atoms with E-state index in [1.54, 1.807) is 40.0 Å². The Kier molecular flexibility index (Phi) is 4.07. The molecule has 0 spiro atoms. The average molecular weight is 305 g/mol. The number of ether oxygens (including phenoxy) is 1. The molecule has 118 valence electrons. The minimum Gasteiger partial charge on any atom is -0.444 e. The highest BCUT2D eigenvalue weighted by Crippen LogP contribution is 2.26. The number of amides is 1. The predicted molar refractivity (Wildman–Crippen MR) is 82.7 cm³/mol. The molecule has 2 aromatic rings. The third kappa shape index (κ3) is 3.55. The van der Waals surface area contributed by atoms with Gasteiger partial charge in [-0.2, -0.15) is 0 Å². The van der Waals surface area contributed by atoms with Crippen molar-refractivity contribution in [2.75, 3.05) is 7.05 Å². The van der Waals surface area contributed by atoms with Crippen LogP contribution < -0.4 is 0 Å². The number of H-pyrrole nitrogens is 1. The molecule has 0 saturated carbocycles. The molecule has 0 saturated heterocycles. The Labute approximate surface area is 128 Å². The summed E-state index contributed by atoms with van der Waals surface area (Å²) in [6, 6.07) is 5.30. The second-order valence-corrected chi connectivity index (χ2v) is 6.15. The number of aromatic nitrogens is 1. The fourth-order valence-electron chi connectivity index (χ4n) is 2.08. The Morgan fingerprint density at radius 2 is 2.09 bits per heavy atom. The van der Waals surface area contributed by atoms with E-state index >= 15 is 0 Å². The maximum absolute atomic E-state index is 11.9. The Hall–Kier alpha value is -2.57. The van der Waals surface area contributed by atoms with Crippen molar-refractivity contribution in [2.45, 2.75) is 32.9 Å².